The number of ether oxygens (including phenoxy) is 1. The van der Waals surface area contributed by atoms with Gasteiger partial charge in [-0.05, 0) is 17.7 Å². The molecule has 134 valence electrons. The summed E-state index contributed by atoms with van der Waals surface area (Å²) in [6.07, 6.45) is 0. The number of hydrogen-bond acceptors (Lipinski definition) is 4. The first-order chi connectivity index (χ1) is 11.3. The Balaban J connectivity index is 1.98. The molecule has 0 aliphatic carbocycles. The Bertz CT molecular complexity index is 525. The summed E-state index contributed by atoms with van der Waals surface area (Å²) in [5.41, 5.74) is 1.02. The van der Waals surface area contributed by atoms with Gasteiger partial charge < -0.3 is 10.1 Å². The van der Waals surface area contributed by atoms with Crippen molar-refractivity contribution in [2.24, 2.45) is 0 Å². The first-order valence-corrected chi connectivity index (χ1v) is 9.31. The van der Waals surface area contributed by atoms with E-state index in [2.05, 4.69) is 31.0 Å². The summed E-state index contributed by atoms with van der Waals surface area (Å²) < 4.78 is 18.7. The number of halogens is 1. The molecule has 1 amide bonds. The minimum atomic E-state index is -0.245. The van der Waals surface area contributed by atoms with E-state index >= 15 is 0 Å². The molecule has 1 aromatic rings. The molecule has 1 atom stereocenters. The maximum atomic E-state index is 13.2. The molecule has 1 unspecified atom stereocenters. The van der Waals surface area contributed by atoms with Crippen molar-refractivity contribution in [1.29, 1.82) is 0 Å². The maximum absolute atomic E-state index is 13.2. The van der Waals surface area contributed by atoms with Crippen LogP contribution in [0, 0.1) is 5.82 Å². The summed E-state index contributed by atoms with van der Waals surface area (Å²) >= 11 is 1.63. The van der Waals surface area contributed by atoms with Crippen LogP contribution in [-0.2, 0) is 9.53 Å². The molecule has 2 rings (SSSR count). The maximum Gasteiger partial charge on any atom is 0.230 e. The Labute approximate surface area is 148 Å². The Hall–Kier alpha value is -1.11. The summed E-state index contributed by atoms with van der Waals surface area (Å²) in [4.78, 5) is 14.4. The first-order valence-electron chi connectivity index (χ1n) is 8.33. The fourth-order valence-corrected chi connectivity index (χ4v) is 3.24. The van der Waals surface area contributed by atoms with Crippen molar-refractivity contribution in [2.45, 2.75) is 31.6 Å². The number of carbonyl (C=O) groups excluding carboxylic acids is 1. The van der Waals surface area contributed by atoms with Crippen LogP contribution in [0.4, 0.5) is 4.39 Å². The number of carbonyl (C=O) groups is 1. The lowest BCUT2D eigenvalue weighted by molar-refractivity contribution is -0.118. The molecule has 1 saturated heterocycles. The van der Waals surface area contributed by atoms with Gasteiger partial charge in [-0.1, -0.05) is 32.9 Å². The molecule has 0 bridgehead atoms. The lowest BCUT2D eigenvalue weighted by Crippen LogP contribution is -2.44. The third kappa shape index (κ3) is 6.42. The molecule has 0 radical (unpaired) electrons. The average Bonchev–Trinajstić information content (AvgIpc) is 2.55. The first kappa shape index (κ1) is 19.2. The molecule has 1 aliphatic rings. The second kappa shape index (κ2) is 8.83. The van der Waals surface area contributed by atoms with E-state index in [4.69, 9.17) is 4.74 Å². The van der Waals surface area contributed by atoms with Gasteiger partial charge in [0.15, 0.2) is 0 Å². The third-order valence-electron chi connectivity index (χ3n) is 3.87. The second-order valence-corrected chi connectivity index (χ2v) is 8.72. The zero-order chi connectivity index (χ0) is 17.6. The van der Waals surface area contributed by atoms with Crippen molar-refractivity contribution in [3.05, 3.63) is 35.6 Å². The van der Waals surface area contributed by atoms with Crippen molar-refractivity contribution in [1.82, 2.24) is 10.2 Å². The Morgan fingerprint density at radius 2 is 1.92 bits per heavy atom. The van der Waals surface area contributed by atoms with Gasteiger partial charge in [-0.3, -0.25) is 9.69 Å². The zero-order valence-corrected chi connectivity index (χ0v) is 15.5. The van der Waals surface area contributed by atoms with Crippen LogP contribution in [0.15, 0.2) is 24.3 Å². The summed E-state index contributed by atoms with van der Waals surface area (Å²) in [6.45, 7) is 9.81. The molecule has 6 heteroatoms. The average molecular weight is 354 g/mol. The van der Waals surface area contributed by atoms with Gasteiger partial charge in [0.2, 0.25) is 5.91 Å². The van der Waals surface area contributed by atoms with Gasteiger partial charge in [-0.15, -0.1) is 11.8 Å². The second-order valence-electron chi connectivity index (χ2n) is 6.92. The highest BCUT2D eigenvalue weighted by atomic mass is 32.2. The predicted molar refractivity (Wildman–Crippen MR) is 96.8 cm³/mol. The van der Waals surface area contributed by atoms with Gasteiger partial charge in [-0.25, -0.2) is 4.39 Å². The molecular weight excluding hydrogens is 327 g/mol. The van der Waals surface area contributed by atoms with Crippen LogP contribution in [-0.4, -0.2) is 54.2 Å². The minimum Gasteiger partial charge on any atom is -0.379 e. The lowest BCUT2D eigenvalue weighted by atomic mass is 10.0. The highest BCUT2D eigenvalue weighted by Gasteiger charge is 2.23. The quantitative estimate of drug-likeness (QED) is 0.853. The SMILES string of the molecule is CC(C)(C)SCC(=O)NCC(c1ccc(F)cc1)N1CCOCC1. The molecule has 1 N–H and O–H groups in total. The number of hydrogen-bond donors (Lipinski definition) is 1. The van der Waals surface area contributed by atoms with Gasteiger partial charge in [-0.2, -0.15) is 0 Å². The number of benzene rings is 1. The number of rotatable bonds is 6. The van der Waals surface area contributed by atoms with E-state index in [1.54, 1.807) is 23.9 Å². The molecular formula is C18H27FN2O2S. The van der Waals surface area contributed by atoms with Crippen LogP contribution in [0.3, 0.4) is 0 Å². The molecule has 24 heavy (non-hydrogen) atoms. The highest BCUT2D eigenvalue weighted by Crippen LogP contribution is 2.24. The van der Waals surface area contributed by atoms with E-state index in [0.717, 1.165) is 18.7 Å². The van der Waals surface area contributed by atoms with Gasteiger partial charge in [0, 0.05) is 24.4 Å². The van der Waals surface area contributed by atoms with E-state index in [9.17, 15) is 9.18 Å². The van der Waals surface area contributed by atoms with E-state index in [-0.39, 0.29) is 22.5 Å². The van der Waals surface area contributed by atoms with Gasteiger partial charge in [0.05, 0.1) is 25.0 Å². The Morgan fingerprint density at radius 3 is 2.50 bits per heavy atom. The van der Waals surface area contributed by atoms with Crippen LogP contribution < -0.4 is 5.32 Å². The number of amides is 1. The normalized spacial score (nSPS) is 17.5. The number of thioether (sulfide) groups is 1. The summed E-state index contributed by atoms with van der Waals surface area (Å²) in [5, 5.41) is 3.03. The fraction of sp³-hybridized carbons (Fsp3) is 0.611. The molecule has 0 spiro atoms. The Kier molecular flexibility index (Phi) is 7.07. The van der Waals surface area contributed by atoms with Crippen LogP contribution in [0.1, 0.15) is 32.4 Å². The smallest absolute Gasteiger partial charge is 0.230 e. The largest absolute Gasteiger partial charge is 0.379 e. The number of morpholine rings is 1. The van der Waals surface area contributed by atoms with Crippen molar-refractivity contribution in [3.8, 4) is 0 Å². The molecule has 1 aromatic carbocycles. The van der Waals surface area contributed by atoms with Gasteiger partial charge in [0.25, 0.3) is 0 Å². The van der Waals surface area contributed by atoms with Crippen molar-refractivity contribution < 1.29 is 13.9 Å². The number of nitrogens with zero attached hydrogens (tertiary/aromatic N) is 1. The van der Waals surface area contributed by atoms with Crippen molar-refractivity contribution >= 4 is 17.7 Å². The summed E-state index contributed by atoms with van der Waals surface area (Å²) in [7, 11) is 0. The van der Waals surface area contributed by atoms with Crippen LogP contribution in [0.2, 0.25) is 0 Å². The van der Waals surface area contributed by atoms with Gasteiger partial charge >= 0.3 is 0 Å². The molecule has 0 saturated carbocycles. The molecule has 1 heterocycles. The molecule has 1 aliphatic heterocycles. The summed E-state index contributed by atoms with van der Waals surface area (Å²) in [5.74, 6) is 0.239. The molecule has 1 fully saturated rings. The van der Waals surface area contributed by atoms with E-state index in [0.29, 0.717) is 25.5 Å². The van der Waals surface area contributed by atoms with E-state index < -0.39 is 0 Å². The Morgan fingerprint density at radius 1 is 1.29 bits per heavy atom. The highest BCUT2D eigenvalue weighted by molar-refractivity contribution is 8.01. The van der Waals surface area contributed by atoms with Gasteiger partial charge in [0.1, 0.15) is 5.82 Å². The van der Waals surface area contributed by atoms with Crippen molar-refractivity contribution in [3.63, 3.8) is 0 Å². The standard InChI is InChI=1S/C18H27FN2O2S/c1-18(2,3)24-13-17(22)20-12-16(21-8-10-23-11-9-21)14-4-6-15(19)7-5-14/h4-7,16H,8-13H2,1-3H3,(H,20,22). The monoisotopic (exact) mass is 354 g/mol. The van der Waals surface area contributed by atoms with Crippen LogP contribution in [0.25, 0.3) is 0 Å². The van der Waals surface area contributed by atoms with Crippen LogP contribution in [0.5, 0.6) is 0 Å². The minimum absolute atomic E-state index is 0.0373. The fourth-order valence-electron chi connectivity index (χ4n) is 2.58. The topological polar surface area (TPSA) is 41.6 Å². The number of nitrogens with one attached hydrogen (secondary N) is 1. The molecule has 0 aromatic heterocycles. The third-order valence-corrected chi connectivity index (χ3v) is 5.14. The lowest BCUT2D eigenvalue weighted by Gasteiger charge is -2.35. The van der Waals surface area contributed by atoms with E-state index in [1.807, 2.05) is 0 Å². The predicted octanol–water partition coefficient (Wildman–Crippen LogP) is 2.85. The van der Waals surface area contributed by atoms with Crippen LogP contribution >= 0.6 is 11.8 Å². The summed E-state index contributed by atoms with van der Waals surface area (Å²) in [6, 6.07) is 6.58. The zero-order valence-electron chi connectivity index (χ0n) is 14.7. The molecule has 4 nitrogen and oxygen atoms in total. The van der Waals surface area contributed by atoms with Crippen molar-refractivity contribution in [2.75, 3.05) is 38.6 Å². The van der Waals surface area contributed by atoms with E-state index in [1.165, 1.54) is 12.1 Å².